The predicted octanol–water partition coefficient (Wildman–Crippen LogP) is 4.28. The molecule has 0 spiro atoms. The van der Waals surface area contributed by atoms with Crippen molar-refractivity contribution in [3.8, 4) is 5.75 Å². The first kappa shape index (κ1) is 25.2. The highest BCUT2D eigenvalue weighted by Gasteiger charge is 2.56. The van der Waals surface area contributed by atoms with Gasteiger partial charge < -0.3 is 14.6 Å². The van der Waals surface area contributed by atoms with E-state index in [1.807, 2.05) is 6.07 Å². The van der Waals surface area contributed by atoms with Gasteiger partial charge in [-0.1, -0.05) is 52.9 Å². The van der Waals surface area contributed by atoms with Gasteiger partial charge in [0.15, 0.2) is 6.61 Å². The van der Waals surface area contributed by atoms with Crippen molar-refractivity contribution in [3.05, 3.63) is 73.7 Å². The number of aromatic amines is 1. The lowest BCUT2D eigenvalue weighted by Crippen LogP contribution is -2.38. The maximum Gasteiger partial charge on any atom is 0.305 e. The average molecular weight is 570 g/mol. The number of halogens is 1. The van der Waals surface area contributed by atoms with E-state index in [1.54, 1.807) is 47.4 Å². The number of hydrogen-bond acceptors (Lipinski definition) is 7. The minimum Gasteiger partial charge on any atom is -0.483 e. The Morgan fingerprint density at radius 2 is 1.79 bits per heavy atom. The molecule has 11 heteroatoms. The summed E-state index contributed by atoms with van der Waals surface area (Å²) in [4.78, 5) is 59.0. The van der Waals surface area contributed by atoms with Crippen LogP contribution in [-0.2, 0) is 14.4 Å². The Labute approximate surface area is 231 Å². The van der Waals surface area contributed by atoms with Crippen molar-refractivity contribution in [2.45, 2.75) is 35.5 Å². The van der Waals surface area contributed by atoms with Crippen LogP contribution >= 0.6 is 34.7 Å². The number of hydrogen-bond donors (Lipinski definition) is 1. The molecular formula is C27H24ClN3O5S2. The molecule has 2 saturated heterocycles. The molecule has 3 aromatic rings. The second kappa shape index (κ2) is 10.2. The zero-order valence-corrected chi connectivity index (χ0v) is 22.6. The average Bonchev–Trinajstić information content (AvgIpc) is 3.42. The van der Waals surface area contributed by atoms with Gasteiger partial charge in [-0.25, -0.2) is 4.90 Å². The maximum atomic E-state index is 13.9. The lowest BCUT2D eigenvalue weighted by molar-refractivity contribution is -0.134. The van der Waals surface area contributed by atoms with Crippen molar-refractivity contribution in [2.75, 3.05) is 24.6 Å². The number of amides is 3. The van der Waals surface area contributed by atoms with Gasteiger partial charge in [-0.3, -0.25) is 19.2 Å². The molecule has 2 fully saturated rings. The fourth-order valence-electron chi connectivity index (χ4n) is 5.45. The number of thioether (sulfide) groups is 1. The molecule has 3 aliphatic heterocycles. The number of piperidine rings is 1. The summed E-state index contributed by atoms with van der Waals surface area (Å²) < 4.78 is 6.05. The molecule has 1 aromatic heterocycles. The molecule has 0 bridgehead atoms. The van der Waals surface area contributed by atoms with Gasteiger partial charge in [0.25, 0.3) is 5.91 Å². The monoisotopic (exact) mass is 569 g/mol. The van der Waals surface area contributed by atoms with Gasteiger partial charge in [0.1, 0.15) is 11.0 Å². The van der Waals surface area contributed by atoms with Crippen LogP contribution in [0.5, 0.6) is 5.75 Å². The van der Waals surface area contributed by atoms with Gasteiger partial charge in [0, 0.05) is 34.5 Å². The maximum absolute atomic E-state index is 13.9. The van der Waals surface area contributed by atoms with Gasteiger partial charge in [-0.05, 0) is 49.6 Å². The molecule has 8 nitrogen and oxygen atoms in total. The molecule has 0 aliphatic carbocycles. The normalized spacial score (nSPS) is 22.8. The lowest BCUT2D eigenvalue weighted by atomic mass is 9.82. The van der Waals surface area contributed by atoms with Gasteiger partial charge in [-0.15, -0.1) is 0 Å². The second-order valence-electron chi connectivity index (χ2n) is 9.51. The fourth-order valence-corrected chi connectivity index (χ4v) is 8.14. The Bertz CT molecular complexity index is 1470. The number of benzene rings is 2. The second-order valence-corrected chi connectivity index (χ2v) is 12.1. The molecule has 38 heavy (non-hydrogen) atoms. The van der Waals surface area contributed by atoms with Crippen molar-refractivity contribution >= 4 is 58.1 Å². The minimum atomic E-state index is -0.773. The number of likely N-dealkylation sites (tertiary alicyclic amines) is 1. The highest BCUT2D eigenvalue weighted by Crippen LogP contribution is 2.54. The lowest BCUT2D eigenvalue weighted by Gasteiger charge is -2.31. The van der Waals surface area contributed by atoms with Gasteiger partial charge >= 0.3 is 4.87 Å². The van der Waals surface area contributed by atoms with Crippen LogP contribution in [0.15, 0.2) is 58.4 Å². The smallest absolute Gasteiger partial charge is 0.305 e. The SMILES string of the molecule is O=C(COc1ccc(Cl)cc1C1c2sc(=O)[nH]c2SC2C(=O)N(c3ccccc3)C(=O)C21)N1CCCCC1. The number of carbonyl (C=O) groups excluding carboxylic acids is 3. The Hall–Kier alpha value is -3.08. The summed E-state index contributed by atoms with van der Waals surface area (Å²) in [6.07, 6.45) is 3.07. The number of nitrogens with one attached hydrogen (secondary N) is 1. The van der Waals surface area contributed by atoms with E-state index in [4.69, 9.17) is 16.3 Å². The molecule has 0 saturated carbocycles. The third-order valence-electron chi connectivity index (χ3n) is 7.21. The van der Waals surface area contributed by atoms with Crippen LogP contribution in [0.1, 0.15) is 35.6 Å². The molecule has 4 heterocycles. The molecule has 3 aliphatic rings. The van der Waals surface area contributed by atoms with Crippen molar-refractivity contribution < 1.29 is 19.1 Å². The van der Waals surface area contributed by atoms with E-state index >= 15 is 0 Å². The van der Waals surface area contributed by atoms with E-state index in [0.29, 0.717) is 45.0 Å². The zero-order chi connectivity index (χ0) is 26.4. The molecule has 6 rings (SSSR count). The topological polar surface area (TPSA) is 99.8 Å². The molecule has 1 N–H and O–H groups in total. The zero-order valence-electron chi connectivity index (χ0n) is 20.2. The van der Waals surface area contributed by atoms with E-state index in [9.17, 15) is 19.2 Å². The first-order chi connectivity index (χ1) is 18.4. The fraction of sp³-hybridized carbons (Fsp3) is 0.333. The van der Waals surface area contributed by atoms with Crippen LogP contribution in [0, 0.1) is 5.92 Å². The van der Waals surface area contributed by atoms with Crippen molar-refractivity contribution in [1.82, 2.24) is 9.88 Å². The number of rotatable bonds is 5. The summed E-state index contributed by atoms with van der Waals surface area (Å²) in [6.45, 7) is 1.28. The van der Waals surface area contributed by atoms with E-state index in [0.717, 1.165) is 30.6 Å². The summed E-state index contributed by atoms with van der Waals surface area (Å²) in [7, 11) is 0. The summed E-state index contributed by atoms with van der Waals surface area (Å²) in [5, 5.41) is 0.260. The Balaban J connectivity index is 1.39. The summed E-state index contributed by atoms with van der Waals surface area (Å²) in [5.74, 6) is -1.79. The number of anilines is 1. The molecule has 3 unspecified atom stereocenters. The van der Waals surface area contributed by atoms with Crippen LogP contribution in [0.3, 0.4) is 0 Å². The van der Waals surface area contributed by atoms with Crippen LogP contribution in [0.4, 0.5) is 5.69 Å². The summed E-state index contributed by atoms with van der Waals surface area (Å²) in [6, 6.07) is 13.9. The van der Waals surface area contributed by atoms with Crippen LogP contribution in [0.2, 0.25) is 5.02 Å². The van der Waals surface area contributed by atoms with E-state index < -0.39 is 17.1 Å². The largest absolute Gasteiger partial charge is 0.483 e. The summed E-state index contributed by atoms with van der Waals surface area (Å²) >= 11 is 8.65. The quantitative estimate of drug-likeness (QED) is 0.461. The number of imide groups is 1. The van der Waals surface area contributed by atoms with E-state index in [2.05, 4.69) is 4.98 Å². The molecule has 0 radical (unpaired) electrons. The van der Waals surface area contributed by atoms with Crippen LogP contribution < -0.4 is 14.5 Å². The standard InChI is InChI=1S/C27H24ClN3O5S2/c28-15-9-10-18(36-14-19(32)30-11-5-2-6-12-30)17(13-15)20-21-23(37-24-22(20)38-27(35)29-24)26(34)31(25(21)33)16-7-3-1-4-8-16/h1,3-4,7-10,13,20-21,23H,2,5-6,11-12,14H2,(H,29,35). The van der Waals surface area contributed by atoms with E-state index in [1.165, 1.54) is 16.7 Å². The molecular weight excluding hydrogens is 546 g/mol. The molecule has 3 atom stereocenters. The molecule has 196 valence electrons. The number of thiazole rings is 1. The van der Waals surface area contributed by atoms with Gasteiger partial charge in [0.2, 0.25) is 11.8 Å². The number of para-hydroxylation sites is 1. The van der Waals surface area contributed by atoms with Crippen LogP contribution in [0.25, 0.3) is 0 Å². The van der Waals surface area contributed by atoms with Gasteiger partial charge in [0.05, 0.1) is 16.6 Å². The first-order valence-corrected chi connectivity index (χ1v) is 14.5. The Morgan fingerprint density at radius 3 is 2.55 bits per heavy atom. The number of aromatic nitrogens is 1. The van der Waals surface area contributed by atoms with Crippen LogP contribution in [-0.4, -0.2) is 52.6 Å². The van der Waals surface area contributed by atoms with Gasteiger partial charge in [-0.2, -0.15) is 0 Å². The number of carbonyl (C=O) groups is 3. The Morgan fingerprint density at radius 1 is 1.03 bits per heavy atom. The number of nitrogens with zero attached hydrogens (tertiary/aromatic N) is 2. The molecule has 3 amide bonds. The summed E-state index contributed by atoms with van der Waals surface area (Å²) in [5.41, 5.74) is 1.08. The third-order valence-corrected chi connectivity index (χ3v) is 9.84. The van der Waals surface area contributed by atoms with Crippen molar-refractivity contribution in [2.24, 2.45) is 5.92 Å². The minimum absolute atomic E-state index is 0.1000. The number of ether oxygens (including phenoxy) is 1. The number of fused-ring (bicyclic) bond motifs is 2. The number of H-pyrrole nitrogens is 1. The third kappa shape index (κ3) is 4.44. The van der Waals surface area contributed by atoms with E-state index in [-0.39, 0.29) is 29.2 Å². The highest BCUT2D eigenvalue weighted by molar-refractivity contribution is 8.00. The first-order valence-electron chi connectivity index (χ1n) is 12.4. The predicted molar refractivity (Wildman–Crippen MR) is 146 cm³/mol. The molecule has 2 aromatic carbocycles. The van der Waals surface area contributed by atoms with Crippen molar-refractivity contribution in [1.29, 1.82) is 0 Å². The van der Waals surface area contributed by atoms with Crippen molar-refractivity contribution in [3.63, 3.8) is 0 Å². The Kier molecular flexibility index (Phi) is 6.79. The highest BCUT2D eigenvalue weighted by atomic mass is 35.5.